The van der Waals surface area contributed by atoms with Gasteiger partial charge in [0.05, 0.1) is 13.2 Å². The lowest BCUT2D eigenvalue weighted by Gasteiger charge is -2.67. The number of carbonyl (C=O) groups is 2. The van der Waals surface area contributed by atoms with Crippen LogP contribution in [0.5, 0.6) is 5.75 Å². The lowest BCUT2D eigenvalue weighted by molar-refractivity contribution is -0.128. The van der Waals surface area contributed by atoms with Gasteiger partial charge in [0.25, 0.3) is 5.91 Å². The van der Waals surface area contributed by atoms with E-state index in [4.69, 9.17) is 9.47 Å². The molecule has 2 aliphatic heterocycles. The zero-order chi connectivity index (χ0) is 27.6. The highest BCUT2D eigenvalue weighted by Crippen LogP contribution is 2.61. The van der Waals surface area contributed by atoms with E-state index in [1.165, 1.54) is 12.1 Å². The topological polar surface area (TPSA) is 90.3 Å². The summed E-state index contributed by atoms with van der Waals surface area (Å²) in [5.41, 5.74) is 2.10. The number of aromatic nitrogens is 1. The first-order valence-electron chi connectivity index (χ1n) is 13.1. The van der Waals surface area contributed by atoms with Gasteiger partial charge in [-0.25, -0.2) is 9.18 Å². The predicted molar refractivity (Wildman–Crippen MR) is 143 cm³/mol. The van der Waals surface area contributed by atoms with Crippen molar-refractivity contribution in [3.8, 4) is 5.75 Å². The smallest absolute Gasteiger partial charge is 0.451 e. The van der Waals surface area contributed by atoms with Crippen molar-refractivity contribution in [2.75, 3.05) is 25.6 Å². The van der Waals surface area contributed by atoms with Gasteiger partial charge in [0.15, 0.2) is 5.69 Å². The second kappa shape index (κ2) is 9.29. The molecular weight excluding hydrogens is 537 g/mol. The van der Waals surface area contributed by atoms with E-state index in [1.54, 1.807) is 28.7 Å². The zero-order valence-electron chi connectivity index (χ0n) is 21.7. The fourth-order valence-electron chi connectivity index (χ4n) is 6.44. The molecule has 206 valence electrons. The van der Waals surface area contributed by atoms with E-state index in [9.17, 15) is 18.8 Å². The Kier molecular flexibility index (Phi) is 5.81. The largest absolute Gasteiger partial charge is 0.510 e. The summed E-state index contributed by atoms with van der Waals surface area (Å²) >= 11 is 1.64. The van der Waals surface area contributed by atoms with Crippen LogP contribution < -0.4 is 15.2 Å². The number of pyridine rings is 1. The van der Waals surface area contributed by atoms with Crippen molar-refractivity contribution in [1.82, 2.24) is 9.58 Å². The molecule has 11 heteroatoms. The monoisotopic (exact) mass is 563 g/mol. The summed E-state index contributed by atoms with van der Waals surface area (Å²) < 4.78 is 31.1. The number of hydrogen-bond donors (Lipinski definition) is 0. The molecule has 3 aliphatic carbocycles. The summed E-state index contributed by atoms with van der Waals surface area (Å²) in [6, 6.07) is 13.8. The molecule has 40 heavy (non-hydrogen) atoms. The van der Waals surface area contributed by atoms with E-state index >= 15 is 0 Å². The minimum atomic E-state index is -0.968. The van der Waals surface area contributed by atoms with Crippen molar-refractivity contribution in [3.63, 3.8) is 0 Å². The molecule has 9 nitrogen and oxygen atoms in total. The molecule has 3 heterocycles. The number of nitrogens with zero attached hydrogens (tertiary/aromatic N) is 3. The number of thioether (sulfide) groups is 1. The van der Waals surface area contributed by atoms with Crippen LogP contribution >= 0.6 is 11.8 Å². The lowest BCUT2D eigenvalue weighted by atomic mass is 9.49. The van der Waals surface area contributed by atoms with Gasteiger partial charge in [-0.3, -0.25) is 19.3 Å². The fraction of sp³-hybridized carbons (Fsp3) is 0.345. The first-order chi connectivity index (χ1) is 19.4. The molecule has 3 aromatic rings. The summed E-state index contributed by atoms with van der Waals surface area (Å²) in [5, 5.41) is 2.05. The number of benzene rings is 2. The van der Waals surface area contributed by atoms with Crippen LogP contribution in [0.2, 0.25) is 0 Å². The Hall–Kier alpha value is -3.99. The third-order valence-corrected chi connectivity index (χ3v) is 9.60. The van der Waals surface area contributed by atoms with E-state index in [1.807, 2.05) is 34.2 Å². The highest BCUT2D eigenvalue weighted by molar-refractivity contribution is 7.98. The maximum absolute atomic E-state index is 14.4. The highest BCUT2D eigenvalue weighted by Gasteiger charge is 2.63. The Morgan fingerprint density at radius 2 is 1.90 bits per heavy atom. The van der Waals surface area contributed by atoms with Gasteiger partial charge in [-0.15, -0.1) is 11.8 Å². The minimum Gasteiger partial charge on any atom is -0.451 e. The number of amides is 1. The second-order valence-electron chi connectivity index (χ2n) is 10.7. The van der Waals surface area contributed by atoms with Gasteiger partial charge in [-0.2, -0.15) is 0 Å². The standard InChI is InChI=1S/C29H26FN3O6S/c1-37-28(36)39-16-38-26-22(34)8-9-32-25(26)27(35)31(29-11-17(12-29)13-29)15-33(32)24-20-7-6-19(30)10-18(20)14-40-23-5-3-2-4-21(23)24/h2-10,17,24H,11-16H2,1H3/t17?,24-,29?/m0/s1. The molecule has 5 aliphatic rings. The molecule has 1 amide bonds. The molecule has 3 saturated carbocycles. The quantitative estimate of drug-likeness (QED) is 0.333. The van der Waals surface area contributed by atoms with Gasteiger partial charge in [-0.05, 0) is 60.1 Å². The number of carbonyl (C=O) groups excluding carboxylic acids is 2. The Morgan fingerprint density at radius 3 is 2.65 bits per heavy atom. The molecule has 1 atom stereocenters. The van der Waals surface area contributed by atoms with Crippen molar-refractivity contribution >= 4 is 23.8 Å². The van der Waals surface area contributed by atoms with Crippen molar-refractivity contribution < 1.29 is 28.2 Å². The second-order valence-corrected chi connectivity index (χ2v) is 11.7. The Morgan fingerprint density at radius 1 is 1.10 bits per heavy atom. The number of ether oxygens (including phenoxy) is 3. The SMILES string of the molecule is COC(=O)OCOc1c2n(ccc1=O)N([C@H]1c3ccc(F)cc3CSc3ccccc31)CN(C13CC(C1)C3)C2=O. The molecule has 8 rings (SSSR count). The first-order valence-corrected chi connectivity index (χ1v) is 14.1. The predicted octanol–water partition coefficient (Wildman–Crippen LogP) is 4.41. The van der Waals surface area contributed by atoms with Crippen molar-refractivity contribution in [3.05, 3.63) is 93.2 Å². The molecular formula is C29H26FN3O6S. The molecule has 3 fully saturated rings. The number of fused-ring (bicyclic) bond motifs is 3. The third-order valence-electron chi connectivity index (χ3n) is 8.47. The summed E-state index contributed by atoms with van der Waals surface area (Å²) in [7, 11) is 1.16. The van der Waals surface area contributed by atoms with Crippen LogP contribution in [0.25, 0.3) is 0 Å². The molecule has 0 spiro atoms. The molecule has 0 unspecified atom stereocenters. The average Bonchev–Trinajstić information content (AvgIpc) is 3.06. The van der Waals surface area contributed by atoms with Crippen LogP contribution in [0, 0.1) is 11.7 Å². The van der Waals surface area contributed by atoms with Crippen LogP contribution in [0.15, 0.2) is 64.4 Å². The first kappa shape index (κ1) is 25.0. The van der Waals surface area contributed by atoms with Crippen LogP contribution in [-0.4, -0.2) is 47.7 Å². The van der Waals surface area contributed by atoms with Gasteiger partial charge in [0, 0.05) is 28.5 Å². The van der Waals surface area contributed by atoms with Crippen LogP contribution in [0.1, 0.15) is 52.5 Å². The summed E-state index contributed by atoms with van der Waals surface area (Å²) in [6.07, 6.45) is 3.37. The normalized spacial score (nSPS) is 24.0. The third kappa shape index (κ3) is 3.78. The molecule has 0 radical (unpaired) electrons. The van der Waals surface area contributed by atoms with Gasteiger partial charge in [-0.1, -0.05) is 24.3 Å². The molecule has 2 aromatic carbocycles. The molecule has 2 bridgehead atoms. The highest BCUT2D eigenvalue weighted by atomic mass is 32.2. The Balaban J connectivity index is 1.40. The minimum absolute atomic E-state index is 0.0648. The van der Waals surface area contributed by atoms with E-state index in [-0.39, 0.29) is 41.4 Å². The molecule has 0 N–H and O–H groups in total. The number of hydrogen-bond acceptors (Lipinski definition) is 8. The van der Waals surface area contributed by atoms with Crippen LogP contribution in [0.4, 0.5) is 9.18 Å². The number of rotatable bonds is 5. The lowest BCUT2D eigenvalue weighted by Crippen LogP contribution is -2.73. The van der Waals surface area contributed by atoms with E-state index in [0.29, 0.717) is 11.7 Å². The maximum Gasteiger partial charge on any atom is 0.510 e. The zero-order valence-corrected chi connectivity index (χ0v) is 22.5. The van der Waals surface area contributed by atoms with Gasteiger partial charge >= 0.3 is 6.16 Å². The number of halogens is 1. The summed E-state index contributed by atoms with van der Waals surface area (Å²) in [6.45, 7) is -0.315. The van der Waals surface area contributed by atoms with Gasteiger partial charge < -0.3 is 19.1 Å². The van der Waals surface area contributed by atoms with Gasteiger partial charge in [0.2, 0.25) is 18.0 Å². The van der Waals surface area contributed by atoms with Gasteiger partial charge in [0.1, 0.15) is 12.5 Å². The van der Waals surface area contributed by atoms with Crippen molar-refractivity contribution in [2.24, 2.45) is 5.92 Å². The number of methoxy groups -OCH3 is 1. The summed E-state index contributed by atoms with van der Waals surface area (Å²) in [5.74, 6) is 0.394. The molecule has 0 saturated heterocycles. The Labute approximate surface area is 233 Å². The van der Waals surface area contributed by atoms with Crippen LogP contribution in [-0.2, 0) is 15.2 Å². The van der Waals surface area contributed by atoms with Crippen molar-refractivity contribution in [2.45, 2.75) is 41.5 Å². The van der Waals surface area contributed by atoms with E-state index in [0.717, 1.165) is 48.0 Å². The van der Waals surface area contributed by atoms with Crippen molar-refractivity contribution in [1.29, 1.82) is 0 Å². The molecule has 1 aromatic heterocycles. The average molecular weight is 564 g/mol. The van der Waals surface area contributed by atoms with E-state index < -0.39 is 18.4 Å². The van der Waals surface area contributed by atoms with E-state index in [2.05, 4.69) is 10.8 Å². The summed E-state index contributed by atoms with van der Waals surface area (Å²) in [4.78, 5) is 41.6. The maximum atomic E-state index is 14.4. The Bertz CT molecular complexity index is 1590. The van der Waals surface area contributed by atoms with Crippen LogP contribution in [0.3, 0.4) is 0 Å². The fourth-order valence-corrected chi connectivity index (χ4v) is 7.52.